The van der Waals surface area contributed by atoms with Crippen LogP contribution in [0, 0.1) is 13.8 Å². The third-order valence-electron chi connectivity index (χ3n) is 24.6. The summed E-state index contributed by atoms with van der Waals surface area (Å²) in [5, 5.41) is 7.42. The average Bonchev–Trinajstić information content (AvgIpc) is 1.01. The first-order chi connectivity index (χ1) is 64.7. The molecule has 0 fully saturated rings. The van der Waals surface area contributed by atoms with Gasteiger partial charge in [0.05, 0.1) is 39.9 Å². The topological polar surface area (TPSA) is 90.6 Å². The van der Waals surface area contributed by atoms with Crippen molar-refractivity contribution in [1.29, 1.82) is 0 Å². The quantitative estimate of drug-likeness (QED) is 0.102. The second-order valence-corrected chi connectivity index (χ2v) is 33.2. The van der Waals surface area contributed by atoms with Crippen LogP contribution in [0.5, 0.6) is 0 Å². The van der Waals surface area contributed by atoms with Crippen LogP contribution in [0.15, 0.2) is 480 Å². The highest BCUT2D eigenvalue weighted by Gasteiger charge is 2.23. The van der Waals surface area contributed by atoms with Crippen LogP contribution in [0.1, 0.15) is 11.4 Å². The Kier molecular flexibility index (Phi) is 21.4. The van der Waals surface area contributed by atoms with Gasteiger partial charge in [-0.1, -0.05) is 297 Å². The Bertz CT molecular complexity index is 8010. The van der Waals surface area contributed by atoms with E-state index in [-0.39, 0.29) is 0 Å². The Morgan fingerprint density at radius 3 is 0.962 bits per heavy atom. The van der Waals surface area contributed by atoms with E-state index in [1.807, 2.05) is 55.0 Å². The Balaban J connectivity index is 0.000000115. The molecule has 0 amide bonds. The number of nitrogens with zero attached hydrogens (tertiary/aromatic N) is 9. The fraction of sp³-hybridized carbons (Fsp3) is 0.0164. The predicted molar refractivity (Wildman–Crippen MR) is 542 cm³/mol. The van der Waals surface area contributed by atoms with Crippen molar-refractivity contribution in [3.05, 3.63) is 491 Å². The molecule has 9 nitrogen and oxygen atoms in total. The summed E-state index contributed by atoms with van der Waals surface area (Å²) in [4.78, 5) is 29.1. The first-order valence-corrected chi connectivity index (χ1v) is 44.3. The van der Waals surface area contributed by atoms with Crippen molar-refractivity contribution in [2.45, 2.75) is 13.8 Å². The van der Waals surface area contributed by atoms with Crippen LogP contribution < -0.4 is 0 Å². The molecule has 0 aliphatic rings. The van der Waals surface area contributed by atoms with Gasteiger partial charge in [-0.2, -0.15) is 0 Å². The van der Waals surface area contributed by atoms with Crippen molar-refractivity contribution < 1.29 is 0 Å². The molecule has 0 saturated carbocycles. The molecule has 0 atom stereocenters. The van der Waals surface area contributed by atoms with Gasteiger partial charge in [0.2, 0.25) is 0 Å². The minimum Gasteiger partial charge on any atom is -0.299 e. The van der Waals surface area contributed by atoms with Crippen LogP contribution >= 0.6 is 0 Å². The van der Waals surface area contributed by atoms with E-state index in [2.05, 4.69) is 462 Å². The molecule has 24 rings (SSSR count). The van der Waals surface area contributed by atoms with Crippen LogP contribution in [-0.2, 0) is 0 Å². The molecule has 0 unspecified atom stereocenters. The fourth-order valence-electron chi connectivity index (χ4n) is 18.5. The van der Waals surface area contributed by atoms with Gasteiger partial charge in [0, 0.05) is 93.1 Å². The summed E-state index contributed by atoms with van der Waals surface area (Å²) >= 11 is 0. The van der Waals surface area contributed by atoms with Gasteiger partial charge in [0.15, 0.2) is 0 Å². The SMILES string of the molecule is Cc1cc(-c2cc(-c3cccc(-c4nc5ccccn5c4-c4ccccc4)c3)cc(-c3ccc4ccccc4c3)c2)cc(C)n1.c1ccc(-c2c(-c3cccc(-c4cc(-c5ccccn5)cc(-c5cccc6ccccc56)c4)c3)nc3ccccn23)cc1.c1ccc(-c2c(-c3cccc(-c4cc(-c5cccnc5)cc(-c5cccc6ccccc56)c4)c3)nc3ccccn23)cc1. The van der Waals surface area contributed by atoms with E-state index in [1.165, 1.54) is 71.3 Å². The molecule has 15 aromatic carbocycles. The lowest BCUT2D eigenvalue weighted by Crippen LogP contribution is -1.91. The Hall–Kier alpha value is -17.4. The number of fused-ring (bicyclic) bond motifs is 6. The summed E-state index contributed by atoms with van der Waals surface area (Å²) in [6.45, 7) is 4.13. The first kappa shape index (κ1) is 79.5. The maximum atomic E-state index is 5.13. The van der Waals surface area contributed by atoms with Gasteiger partial charge in [-0.3, -0.25) is 28.2 Å². The van der Waals surface area contributed by atoms with E-state index >= 15 is 0 Å². The Morgan fingerprint density at radius 1 is 0.191 bits per heavy atom. The summed E-state index contributed by atoms with van der Waals surface area (Å²) < 4.78 is 6.54. The molecule has 0 aliphatic heterocycles. The Morgan fingerprint density at radius 2 is 0.519 bits per heavy atom. The highest BCUT2D eigenvalue weighted by atomic mass is 15.0. The van der Waals surface area contributed by atoms with Gasteiger partial charge < -0.3 is 0 Å². The first-order valence-electron chi connectivity index (χ1n) is 44.3. The molecule has 0 saturated heterocycles. The van der Waals surface area contributed by atoms with Crippen molar-refractivity contribution >= 4 is 49.3 Å². The summed E-state index contributed by atoms with van der Waals surface area (Å²) in [5.74, 6) is 0. The normalized spacial score (nSPS) is 11.3. The van der Waals surface area contributed by atoms with E-state index in [1.54, 1.807) is 0 Å². The smallest absolute Gasteiger partial charge is 0.137 e. The van der Waals surface area contributed by atoms with E-state index in [0.717, 1.165) is 157 Å². The second kappa shape index (κ2) is 35.2. The molecule has 0 bridgehead atoms. The van der Waals surface area contributed by atoms with Crippen LogP contribution in [0.4, 0.5) is 0 Å². The number of benzene rings is 15. The predicted octanol–water partition coefficient (Wildman–Crippen LogP) is 31.3. The minimum absolute atomic E-state index is 0.928. The fourth-order valence-corrected chi connectivity index (χ4v) is 18.5. The van der Waals surface area contributed by atoms with Gasteiger partial charge in [-0.15, -0.1) is 0 Å². The minimum atomic E-state index is 0.928. The van der Waals surface area contributed by atoms with Crippen molar-refractivity contribution in [2.24, 2.45) is 0 Å². The molecule has 9 heteroatoms. The van der Waals surface area contributed by atoms with Gasteiger partial charge in [0.1, 0.15) is 16.9 Å². The number of hydrogen-bond acceptors (Lipinski definition) is 6. The average molecular weight is 1680 g/mol. The zero-order valence-electron chi connectivity index (χ0n) is 72.1. The molecule has 24 aromatic rings. The maximum Gasteiger partial charge on any atom is 0.137 e. The largest absolute Gasteiger partial charge is 0.299 e. The number of imidazole rings is 3. The highest BCUT2D eigenvalue weighted by Crippen LogP contribution is 2.45. The van der Waals surface area contributed by atoms with Crippen molar-refractivity contribution in [2.75, 3.05) is 0 Å². The monoisotopic (exact) mass is 1680 g/mol. The summed E-state index contributed by atoms with van der Waals surface area (Å²) in [7, 11) is 0. The molecule has 0 spiro atoms. The molecular weight excluding hydrogens is 1590 g/mol. The van der Waals surface area contributed by atoms with Crippen molar-refractivity contribution in [1.82, 2.24) is 43.1 Å². The molecule has 131 heavy (non-hydrogen) atoms. The second-order valence-electron chi connectivity index (χ2n) is 33.2. The third kappa shape index (κ3) is 16.2. The number of hydrogen-bond donors (Lipinski definition) is 0. The summed E-state index contributed by atoms with van der Waals surface area (Å²) in [6, 6.07) is 157. The van der Waals surface area contributed by atoms with Crippen molar-refractivity contribution in [3.8, 4) is 168 Å². The molecule has 0 N–H and O–H groups in total. The van der Waals surface area contributed by atoms with E-state index in [9.17, 15) is 0 Å². The lowest BCUT2D eigenvalue weighted by atomic mass is 9.91. The summed E-state index contributed by atoms with van der Waals surface area (Å²) in [5.41, 5.74) is 38.3. The van der Waals surface area contributed by atoms with Crippen LogP contribution in [0.3, 0.4) is 0 Å². The van der Waals surface area contributed by atoms with Gasteiger partial charge in [-0.05, 0) is 275 Å². The summed E-state index contributed by atoms with van der Waals surface area (Å²) in [6.07, 6.45) is 11.9. The van der Waals surface area contributed by atoms with Gasteiger partial charge in [0.25, 0.3) is 0 Å². The number of aryl methyl sites for hydroxylation is 2. The standard InChI is InChI=1S/C42H31N3.2C40H27N3/c1-28-21-36(22-29(2)43-28)39-26-37(25-38(27-39)34-19-18-30-11-6-7-14-32(30)23-34)33-15-10-16-35(24-33)41-42(31-12-4-3-5-13-31)45-20-9-8-17-40(45)44-41;1-2-13-29(14-3-1)40-39(42-38-21-7-9-23-43(38)40)31-17-10-16-30(24-31)32-25-33(27-34(26-32)37-20-6-8-22-41-37)36-19-11-15-28-12-4-5-18-35(28)36;1-2-12-29(13-3-1)40-39(42-38-20-6-7-22-43(38)40)31-16-8-15-30(23-31)33-24-34(32-17-10-21-41-27-32)26-35(25-33)37-19-9-14-28-11-4-5-18-36(28)37/h3-27H,1-2H3;2*1-27H. The highest BCUT2D eigenvalue weighted by molar-refractivity contribution is 6.01. The number of pyridine rings is 6. The zero-order chi connectivity index (χ0) is 87.5. The molecular formula is C122H85N9. The van der Waals surface area contributed by atoms with Gasteiger partial charge >= 0.3 is 0 Å². The third-order valence-corrected chi connectivity index (χ3v) is 24.6. The Labute approximate surface area is 760 Å². The molecule has 618 valence electrons. The molecule has 9 heterocycles. The van der Waals surface area contributed by atoms with Crippen LogP contribution in [0.25, 0.3) is 217 Å². The van der Waals surface area contributed by atoms with Crippen molar-refractivity contribution in [3.63, 3.8) is 0 Å². The molecule has 0 radical (unpaired) electrons. The lowest BCUT2D eigenvalue weighted by molar-refractivity contribution is 1.12. The number of rotatable bonds is 15. The van der Waals surface area contributed by atoms with E-state index < -0.39 is 0 Å². The van der Waals surface area contributed by atoms with E-state index in [4.69, 9.17) is 19.9 Å². The zero-order valence-corrected chi connectivity index (χ0v) is 72.1. The lowest BCUT2D eigenvalue weighted by Gasteiger charge is -2.14. The molecule has 0 aliphatic carbocycles. The van der Waals surface area contributed by atoms with Gasteiger partial charge in [-0.25, -0.2) is 15.0 Å². The van der Waals surface area contributed by atoms with E-state index in [0.29, 0.717) is 0 Å². The van der Waals surface area contributed by atoms with Crippen LogP contribution in [0.2, 0.25) is 0 Å². The maximum absolute atomic E-state index is 5.13. The van der Waals surface area contributed by atoms with Crippen LogP contribution in [-0.4, -0.2) is 43.1 Å². The molecule has 9 aromatic heterocycles. The number of aromatic nitrogens is 9.